The number of benzene rings is 1. The Morgan fingerprint density at radius 1 is 1.25 bits per heavy atom. The van der Waals surface area contributed by atoms with Crippen LogP contribution in [0.1, 0.15) is 20.8 Å². The molecule has 104 valence electrons. The van der Waals surface area contributed by atoms with Crippen LogP contribution in [-0.4, -0.2) is 29.2 Å². The van der Waals surface area contributed by atoms with Gasteiger partial charge < -0.3 is 4.74 Å². The predicted octanol–water partition coefficient (Wildman–Crippen LogP) is 2.65. The molecule has 1 aromatic carbocycles. The lowest BCUT2D eigenvalue weighted by molar-refractivity contribution is 0.0594. The first-order chi connectivity index (χ1) is 9.48. The number of nitrogens with one attached hydrogen (secondary N) is 1. The summed E-state index contributed by atoms with van der Waals surface area (Å²) < 4.78 is 3.37. The summed E-state index contributed by atoms with van der Waals surface area (Å²) in [6.45, 7) is 0. The van der Waals surface area contributed by atoms with Gasteiger partial charge in [0.2, 0.25) is 34.9 Å². The van der Waals surface area contributed by atoms with Crippen LogP contribution in [0.3, 0.4) is 0 Å². The number of quaternary nitrogens is 1. The molecule has 1 heterocycles. The van der Waals surface area contributed by atoms with Gasteiger partial charge in [0.1, 0.15) is 0 Å². The molecule has 1 amide bonds. The van der Waals surface area contributed by atoms with Gasteiger partial charge in [0.05, 0.1) is 18.9 Å². The number of hydrogen-bond acceptors (Lipinski definition) is 4. The van der Waals surface area contributed by atoms with E-state index >= 15 is 0 Å². The second-order valence-corrected chi connectivity index (χ2v) is 4.98. The maximum atomic E-state index is 12.3. The second kappa shape index (κ2) is 5.62. The standard InChI is InChI=1S/C12H9Cl2N3O3/c1-20-12(19)10-9(7-15-16-10)17(13,14)11(18)8-5-3-2-4-6-8/h2-7H,1H3/p+1. The van der Waals surface area contributed by atoms with Gasteiger partial charge in [-0.15, -0.1) is 0 Å². The molecule has 0 aliphatic rings. The van der Waals surface area contributed by atoms with Crippen LogP contribution in [0.15, 0.2) is 36.5 Å². The Kier molecular flexibility index (Phi) is 4.08. The zero-order valence-electron chi connectivity index (χ0n) is 10.3. The molecule has 2 aromatic rings. The van der Waals surface area contributed by atoms with Gasteiger partial charge in [-0.2, -0.15) is 5.10 Å². The molecule has 0 atom stereocenters. The summed E-state index contributed by atoms with van der Waals surface area (Å²) in [5.74, 6) is -1.36. The van der Waals surface area contributed by atoms with Gasteiger partial charge in [-0.3, -0.25) is 5.10 Å². The number of carbonyl (C=O) groups excluding carboxylic acids is 2. The molecular weight excluding hydrogens is 305 g/mol. The minimum Gasteiger partial charge on any atom is -0.464 e. The maximum Gasteiger partial charge on any atom is 0.387 e. The fraction of sp³-hybridized carbons (Fsp3) is 0.0833. The topological polar surface area (TPSA) is 72.0 Å². The highest BCUT2D eigenvalue weighted by molar-refractivity contribution is 6.54. The van der Waals surface area contributed by atoms with Gasteiger partial charge in [-0.05, 0) is 15.7 Å². The van der Waals surface area contributed by atoms with Gasteiger partial charge in [0, 0.05) is 0 Å². The molecule has 20 heavy (non-hydrogen) atoms. The Labute approximate surface area is 124 Å². The largest absolute Gasteiger partial charge is 0.464 e. The Morgan fingerprint density at radius 3 is 2.50 bits per heavy atom. The van der Waals surface area contributed by atoms with Crippen molar-refractivity contribution in [3.05, 3.63) is 47.8 Å². The molecule has 2 rings (SSSR count). The van der Waals surface area contributed by atoms with Crippen molar-refractivity contribution in [2.75, 3.05) is 7.11 Å². The minimum absolute atomic E-state index is 0.00552. The summed E-state index contributed by atoms with van der Waals surface area (Å²) in [5, 5.41) is 6.13. The van der Waals surface area contributed by atoms with Gasteiger partial charge in [-0.1, -0.05) is 18.2 Å². The Balaban J connectivity index is 2.43. The van der Waals surface area contributed by atoms with E-state index in [9.17, 15) is 9.59 Å². The minimum atomic E-state index is -1.19. The molecule has 1 N–H and O–H groups in total. The van der Waals surface area contributed by atoms with Crippen molar-refractivity contribution in [1.82, 2.24) is 13.7 Å². The molecule has 0 spiro atoms. The van der Waals surface area contributed by atoms with E-state index in [1.807, 2.05) is 0 Å². The van der Waals surface area contributed by atoms with Crippen molar-refractivity contribution in [2.45, 2.75) is 0 Å². The van der Waals surface area contributed by atoms with Gasteiger partial charge in [0.25, 0.3) is 0 Å². The number of hydrogen-bond donors (Lipinski definition) is 1. The number of esters is 1. The maximum absolute atomic E-state index is 12.3. The SMILES string of the molecule is COC(=O)c1n[nH]cc1[N+](Cl)(Cl)C(=O)c1ccccc1. The van der Waals surface area contributed by atoms with Gasteiger partial charge in [-0.25, -0.2) is 9.59 Å². The predicted molar refractivity (Wildman–Crippen MR) is 74.2 cm³/mol. The zero-order chi connectivity index (χ0) is 14.8. The quantitative estimate of drug-likeness (QED) is 0.698. The summed E-state index contributed by atoms with van der Waals surface area (Å²) in [5.41, 5.74) is 0.144. The normalized spacial score (nSPS) is 11.2. The van der Waals surface area contributed by atoms with Crippen molar-refractivity contribution in [2.24, 2.45) is 0 Å². The summed E-state index contributed by atoms with van der Waals surface area (Å²) in [7, 11) is 1.19. The molecule has 0 saturated heterocycles. The Hall–Kier alpha value is -1.89. The van der Waals surface area contributed by atoms with Crippen LogP contribution in [0.2, 0.25) is 0 Å². The highest BCUT2D eigenvalue weighted by Gasteiger charge is 2.44. The highest BCUT2D eigenvalue weighted by atomic mass is 35.5. The van der Waals surface area contributed by atoms with Crippen LogP contribution >= 0.6 is 23.6 Å². The number of ether oxygens (including phenoxy) is 1. The molecule has 0 aliphatic heterocycles. The summed E-state index contributed by atoms with van der Waals surface area (Å²) in [6, 6.07) is 8.25. The lowest BCUT2D eigenvalue weighted by Gasteiger charge is -2.14. The lowest BCUT2D eigenvalue weighted by Crippen LogP contribution is -2.36. The molecule has 1 aromatic heterocycles. The van der Waals surface area contributed by atoms with Crippen molar-refractivity contribution < 1.29 is 14.3 Å². The van der Waals surface area contributed by atoms with Crippen LogP contribution in [0.25, 0.3) is 0 Å². The summed E-state index contributed by atoms with van der Waals surface area (Å²) >= 11 is 12.2. The third-order valence-electron chi connectivity index (χ3n) is 2.58. The number of amides is 1. The van der Waals surface area contributed by atoms with Gasteiger partial charge in [0.15, 0.2) is 0 Å². The van der Waals surface area contributed by atoms with Crippen molar-refractivity contribution >= 4 is 41.1 Å². The number of aromatic nitrogens is 2. The molecule has 0 fully saturated rings. The first-order valence-corrected chi connectivity index (χ1v) is 6.17. The monoisotopic (exact) mass is 314 g/mol. The zero-order valence-corrected chi connectivity index (χ0v) is 11.9. The number of H-pyrrole nitrogens is 1. The molecule has 0 radical (unpaired) electrons. The summed E-state index contributed by atoms with van der Waals surface area (Å²) in [6.07, 6.45) is 1.27. The van der Waals surface area contributed by atoms with E-state index < -0.39 is 15.4 Å². The first kappa shape index (κ1) is 14.5. The van der Waals surface area contributed by atoms with Crippen LogP contribution in [-0.2, 0) is 4.74 Å². The average molecular weight is 315 g/mol. The Morgan fingerprint density at radius 2 is 1.90 bits per heavy atom. The number of carbonyl (C=O) groups is 2. The smallest absolute Gasteiger partial charge is 0.387 e. The summed E-state index contributed by atoms with van der Waals surface area (Å²) in [4.78, 5) is 23.9. The fourth-order valence-electron chi connectivity index (χ4n) is 1.60. The van der Waals surface area contributed by atoms with E-state index in [-0.39, 0.29) is 11.4 Å². The Bertz CT molecular complexity index is 640. The number of halogens is 2. The number of nitrogens with zero attached hydrogens (tertiary/aromatic N) is 2. The van der Waals surface area contributed by atoms with Crippen LogP contribution in [0.5, 0.6) is 0 Å². The van der Waals surface area contributed by atoms with E-state index in [0.717, 1.165) is 0 Å². The van der Waals surface area contributed by atoms with Crippen LogP contribution in [0.4, 0.5) is 5.69 Å². The van der Waals surface area contributed by atoms with Crippen molar-refractivity contribution in [1.29, 1.82) is 0 Å². The molecular formula is C12H10Cl2N3O3+. The third-order valence-corrected chi connectivity index (χ3v) is 3.25. The molecule has 0 saturated carbocycles. The fourth-order valence-corrected chi connectivity index (χ4v) is 2.05. The first-order valence-electron chi connectivity index (χ1n) is 5.49. The molecule has 0 unspecified atom stereocenters. The second-order valence-electron chi connectivity index (χ2n) is 3.80. The van der Waals surface area contributed by atoms with Crippen molar-refractivity contribution in [3.63, 3.8) is 0 Å². The number of methoxy groups -OCH3 is 1. The molecule has 0 aliphatic carbocycles. The van der Waals surface area contributed by atoms with Crippen LogP contribution < -0.4 is 3.52 Å². The molecule has 8 heteroatoms. The lowest BCUT2D eigenvalue weighted by atomic mass is 10.2. The van der Waals surface area contributed by atoms with Crippen molar-refractivity contribution in [3.8, 4) is 0 Å². The van der Waals surface area contributed by atoms with Crippen LogP contribution in [0, 0.1) is 0 Å². The number of rotatable bonds is 3. The van der Waals surface area contributed by atoms with E-state index in [2.05, 4.69) is 14.9 Å². The van der Waals surface area contributed by atoms with E-state index in [1.165, 1.54) is 13.3 Å². The highest BCUT2D eigenvalue weighted by Crippen LogP contribution is 2.34. The molecule has 0 bridgehead atoms. The number of aromatic amines is 1. The molecule has 6 nitrogen and oxygen atoms in total. The third kappa shape index (κ3) is 2.53. The van der Waals surface area contributed by atoms with E-state index in [4.69, 9.17) is 23.6 Å². The van der Waals surface area contributed by atoms with E-state index in [1.54, 1.807) is 30.3 Å². The average Bonchev–Trinajstić information content (AvgIpc) is 2.96. The van der Waals surface area contributed by atoms with Gasteiger partial charge >= 0.3 is 11.9 Å². The van der Waals surface area contributed by atoms with E-state index in [0.29, 0.717) is 5.56 Å².